The number of carboxylic acids is 1. The van der Waals surface area contributed by atoms with Crippen molar-refractivity contribution in [2.75, 3.05) is 19.7 Å². The molecule has 2 rings (SSSR count). The number of hydrogen-bond acceptors (Lipinski definition) is 4. The minimum Gasteiger partial charge on any atom is -0.481 e. The first-order valence-electron chi connectivity index (χ1n) is 7.42. The number of morpholine rings is 1. The van der Waals surface area contributed by atoms with Gasteiger partial charge in [-0.15, -0.1) is 0 Å². The van der Waals surface area contributed by atoms with Gasteiger partial charge in [0.2, 0.25) is 0 Å². The van der Waals surface area contributed by atoms with Gasteiger partial charge in [0.15, 0.2) is 6.10 Å². The molecule has 23 heavy (non-hydrogen) atoms. The summed E-state index contributed by atoms with van der Waals surface area (Å²) in [4.78, 5) is 24.9. The molecule has 0 unspecified atom stereocenters. The highest BCUT2D eigenvalue weighted by atomic mass is 79.9. The zero-order valence-corrected chi connectivity index (χ0v) is 14.7. The average Bonchev–Trinajstić information content (AvgIpc) is 2.49. The highest BCUT2D eigenvalue weighted by Crippen LogP contribution is 2.27. The van der Waals surface area contributed by atoms with Gasteiger partial charge in [-0.05, 0) is 47.5 Å². The zero-order valence-electron chi connectivity index (χ0n) is 13.1. The van der Waals surface area contributed by atoms with Gasteiger partial charge in [0.05, 0.1) is 23.6 Å². The molecule has 1 aliphatic heterocycles. The van der Waals surface area contributed by atoms with E-state index in [1.165, 1.54) is 0 Å². The van der Waals surface area contributed by atoms with Crippen molar-refractivity contribution in [3.05, 3.63) is 28.2 Å². The monoisotopic (exact) mass is 385 g/mol. The molecule has 0 aliphatic carbocycles. The highest BCUT2D eigenvalue weighted by molar-refractivity contribution is 9.10. The van der Waals surface area contributed by atoms with Crippen LogP contribution in [0.25, 0.3) is 0 Å². The fourth-order valence-corrected chi connectivity index (χ4v) is 3.02. The van der Waals surface area contributed by atoms with Crippen molar-refractivity contribution in [3.63, 3.8) is 0 Å². The van der Waals surface area contributed by atoms with Gasteiger partial charge in [-0.25, -0.2) is 0 Å². The Bertz CT molecular complexity index is 592. The van der Waals surface area contributed by atoms with Crippen LogP contribution in [0.5, 0.6) is 5.75 Å². The number of carboxylic acid groups (broad SMARTS) is 1. The van der Waals surface area contributed by atoms with Crippen molar-refractivity contribution >= 4 is 27.8 Å². The number of halogens is 1. The molecule has 0 spiro atoms. The summed E-state index contributed by atoms with van der Waals surface area (Å²) in [6.45, 7) is 4.71. The van der Waals surface area contributed by atoms with Gasteiger partial charge in [0.25, 0.3) is 5.91 Å². The van der Waals surface area contributed by atoms with Crippen molar-refractivity contribution < 1.29 is 24.2 Å². The molecular formula is C16H20BrNO5. The number of carbonyl (C=O) groups excluding carboxylic acids is 1. The maximum Gasteiger partial charge on any atom is 0.306 e. The summed E-state index contributed by atoms with van der Waals surface area (Å²) in [6.07, 6.45) is -1.23. The largest absolute Gasteiger partial charge is 0.481 e. The molecule has 1 aliphatic rings. The van der Waals surface area contributed by atoms with Crippen LogP contribution >= 0.6 is 15.9 Å². The fraction of sp³-hybridized carbons (Fsp3) is 0.500. The van der Waals surface area contributed by atoms with Gasteiger partial charge in [0, 0.05) is 13.1 Å². The number of amides is 1. The van der Waals surface area contributed by atoms with Crippen molar-refractivity contribution in [2.45, 2.75) is 32.5 Å². The quantitative estimate of drug-likeness (QED) is 0.840. The predicted molar refractivity (Wildman–Crippen MR) is 87.5 cm³/mol. The van der Waals surface area contributed by atoms with E-state index in [1.807, 2.05) is 25.1 Å². The van der Waals surface area contributed by atoms with Crippen LogP contribution in [0.2, 0.25) is 0 Å². The van der Waals surface area contributed by atoms with Gasteiger partial charge in [-0.3, -0.25) is 9.59 Å². The third-order valence-corrected chi connectivity index (χ3v) is 4.21. The van der Waals surface area contributed by atoms with Crippen LogP contribution in [-0.4, -0.2) is 53.8 Å². The van der Waals surface area contributed by atoms with E-state index in [1.54, 1.807) is 11.8 Å². The number of nitrogens with zero attached hydrogens (tertiary/aromatic N) is 1. The molecule has 0 radical (unpaired) electrons. The van der Waals surface area contributed by atoms with Gasteiger partial charge in [-0.1, -0.05) is 6.07 Å². The van der Waals surface area contributed by atoms with Crippen LogP contribution in [0.1, 0.15) is 18.9 Å². The topological polar surface area (TPSA) is 76.1 Å². The Morgan fingerprint density at radius 1 is 1.52 bits per heavy atom. The van der Waals surface area contributed by atoms with Gasteiger partial charge < -0.3 is 19.5 Å². The summed E-state index contributed by atoms with van der Waals surface area (Å²) >= 11 is 3.42. The van der Waals surface area contributed by atoms with E-state index < -0.39 is 18.2 Å². The molecule has 1 saturated heterocycles. The van der Waals surface area contributed by atoms with E-state index in [0.717, 1.165) is 10.0 Å². The molecule has 0 saturated carbocycles. The van der Waals surface area contributed by atoms with Crippen LogP contribution in [0.15, 0.2) is 22.7 Å². The standard InChI is InChI=1S/C16H20BrNO5/c1-10-3-4-14(13(17)7-10)23-11(2)16(21)18-5-6-22-12(9-18)8-15(19)20/h3-4,7,11-12H,5-6,8-9H2,1-2H3,(H,19,20)/t11-,12-/m1/s1. The maximum atomic E-state index is 12.5. The van der Waals surface area contributed by atoms with Crippen LogP contribution in [-0.2, 0) is 14.3 Å². The third-order valence-electron chi connectivity index (χ3n) is 3.59. The SMILES string of the molecule is Cc1ccc(O[C@H](C)C(=O)N2CCO[C@H](CC(=O)O)C2)c(Br)c1. The molecule has 7 heteroatoms. The number of aryl methyl sites for hydroxylation is 1. The summed E-state index contributed by atoms with van der Waals surface area (Å²) in [5, 5.41) is 8.83. The number of benzene rings is 1. The third kappa shape index (κ3) is 4.94. The molecule has 126 valence electrons. The first-order chi connectivity index (χ1) is 10.9. The van der Waals surface area contributed by atoms with Crippen LogP contribution < -0.4 is 4.74 Å². The Hall–Kier alpha value is -1.60. The minimum absolute atomic E-state index is 0.109. The lowest BCUT2D eigenvalue weighted by atomic mass is 10.2. The van der Waals surface area contributed by atoms with Crippen LogP contribution in [0.4, 0.5) is 0 Å². The Morgan fingerprint density at radius 3 is 2.91 bits per heavy atom. The molecule has 1 heterocycles. The Morgan fingerprint density at radius 2 is 2.26 bits per heavy atom. The van der Waals surface area contributed by atoms with Gasteiger partial charge in [-0.2, -0.15) is 0 Å². The number of rotatable bonds is 5. The molecule has 1 aromatic rings. The average molecular weight is 386 g/mol. The van der Waals surface area contributed by atoms with Crippen LogP contribution in [0.3, 0.4) is 0 Å². The van der Waals surface area contributed by atoms with Gasteiger partial charge in [0.1, 0.15) is 5.75 Å². The van der Waals surface area contributed by atoms with E-state index in [2.05, 4.69) is 15.9 Å². The summed E-state index contributed by atoms with van der Waals surface area (Å²) in [5.41, 5.74) is 1.09. The zero-order chi connectivity index (χ0) is 17.0. The van der Waals surface area contributed by atoms with E-state index in [-0.39, 0.29) is 18.9 Å². The summed E-state index contributed by atoms with van der Waals surface area (Å²) in [7, 11) is 0. The Labute approximate surface area is 143 Å². The highest BCUT2D eigenvalue weighted by Gasteiger charge is 2.29. The van der Waals surface area contributed by atoms with Gasteiger partial charge >= 0.3 is 5.97 Å². The van der Waals surface area contributed by atoms with E-state index >= 15 is 0 Å². The molecule has 1 aromatic carbocycles. The molecule has 0 aromatic heterocycles. The maximum absolute atomic E-state index is 12.5. The second-order valence-corrected chi connectivity index (χ2v) is 6.42. The fourth-order valence-electron chi connectivity index (χ4n) is 2.44. The van der Waals surface area contributed by atoms with Crippen LogP contribution in [0, 0.1) is 6.92 Å². The first-order valence-corrected chi connectivity index (χ1v) is 8.21. The smallest absolute Gasteiger partial charge is 0.306 e. The molecule has 2 atom stereocenters. The molecule has 0 bridgehead atoms. The predicted octanol–water partition coefficient (Wildman–Crippen LogP) is 2.23. The van der Waals surface area contributed by atoms with E-state index in [4.69, 9.17) is 14.6 Å². The lowest BCUT2D eigenvalue weighted by Crippen LogP contribution is -2.50. The lowest BCUT2D eigenvalue weighted by Gasteiger charge is -2.33. The van der Waals surface area contributed by atoms with Crippen molar-refractivity contribution in [2.24, 2.45) is 0 Å². The summed E-state index contributed by atoms with van der Waals surface area (Å²) < 4.78 is 11.9. The van der Waals surface area contributed by atoms with Crippen molar-refractivity contribution in [3.8, 4) is 5.75 Å². The molecular weight excluding hydrogens is 366 g/mol. The van der Waals surface area contributed by atoms with Crippen molar-refractivity contribution in [1.82, 2.24) is 4.90 Å². The number of aliphatic carboxylic acids is 1. The number of hydrogen-bond donors (Lipinski definition) is 1. The Kier molecular flexibility index (Phi) is 6.01. The number of carbonyl (C=O) groups is 2. The molecule has 1 fully saturated rings. The normalized spacial score (nSPS) is 19.3. The van der Waals surface area contributed by atoms with Crippen molar-refractivity contribution in [1.29, 1.82) is 0 Å². The first kappa shape index (κ1) is 17.7. The number of ether oxygens (including phenoxy) is 2. The van der Waals surface area contributed by atoms with E-state index in [9.17, 15) is 9.59 Å². The minimum atomic E-state index is -0.933. The molecule has 6 nitrogen and oxygen atoms in total. The summed E-state index contributed by atoms with van der Waals surface area (Å²) in [5.74, 6) is -0.500. The Balaban J connectivity index is 1.97. The molecule has 1 N–H and O–H groups in total. The summed E-state index contributed by atoms with van der Waals surface area (Å²) in [6, 6.07) is 5.65. The molecule has 1 amide bonds. The van der Waals surface area contributed by atoms with E-state index in [0.29, 0.717) is 18.9 Å². The lowest BCUT2D eigenvalue weighted by molar-refractivity contribution is -0.151. The second kappa shape index (κ2) is 7.79. The second-order valence-electron chi connectivity index (χ2n) is 5.57.